The van der Waals surface area contributed by atoms with Crippen LogP contribution in [0.3, 0.4) is 0 Å². The molecule has 2 N–H and O–H groups in total. The van der Waals surface area contributed by atoms with Crippen LogP contribution in [0.25, 0.3) is 0 Å². The first kappa shape index (κ1) is 19.7. The quantitative estimate of drug-likeness (QED) is 0.714. The van der Waals surface area contributed by atoms with Crippen LogP contribution in [0.5, 0.6) is 5.75 Å². The predicted octanol–water partition coefficient (Wildman–Crippen LogP) is 1.04. The highest BCUT2D eigenvalue weighted by Gasteiger charge is 2.41. The summed E-state index contributed by atoms with van der Waals surface area (Å²) in [6.07, 6.45) is 0.00890. The molecule has 0 spiro atoms. The fourth-order valence-corrected chi connectivity index (χ4v) is 2.89. The molecular formula is C18H24N2O6. The van der Waals surface area contributed by atoms with Crippen LogP contribution in [-0.2, 0) is 19.1 Å². The highest BCUT2D eigenvalue weighted by atomic mass is 16.5. The Morgan fingerprint density at radius 2 is 2.08 bits per heavy atom. The second-order valence-electron chi connectivity index (χ2n) is 6.37. The summed E-state index contributed by atoms with van der Waals surface area (Å²) >= 11 is 0. The molecule has 1 aromatic rings. The number of carboxylic acids is 1. The number of methoxy groups -OCH3 is 1. The summed E-state index contributed by atoms with van der Waals surface area (Å²) in [6.45, 7) is 3.66. The Bertz CT molecular complexity index is 692. The Kier molecular flexibility index (Phi) is 6.20. The van der Waals surface area contributed by atoms with Gasteiger partial charge in [0.1, 0.15) is 5.75 Å². The smallest absolute Gasteiger partial charge is 0.331 e. The van der Waals surface area contributed by atoms with E-state index in [9.17, 15) is 19.5 Å². The van der Waals surface area contributed by atoms with Crippen LogP contribution >= 0.6 is 0 Å². The first-order chi connectivity index (χ1) is 12.3. The number of amides is 2. The summed E-state index contributed by atoms with van der Waals surface area (Å²) < 4.78 is 10.4. The number of hydrogen-bond acceptors (Lipinski definition) is 5. The number of rotatable bonds is 8. The van der Waals surface area contributed by atoms with Gasteiger partial charge < -0.3 is 24.8 Å². The van der Waals surface area contributed by atoms with Gasteiger partial charge in [-0.1, -0.05) is 12.1 Å². The van der Waals surface area contributed by atoms with Crippen molar-refractivity contribution >= 4 is 23.5 Å². The maximum atomic E-state index is 12.5. The molecule has 2 unspecified atom stereocenters. The van der Waals surface area contributed by atoms with Gasteiger partial charge in [-0.15, -0.1) is 0 Å². The zero-order valence-electron chi connectivity index (χ0n) is 15.2. The molecule has 1 saturated heterocycles. The second kappa shape index (κ2) is 8.18. The lowest BCUT2D eigenvalue weighted by molar-refractivity contribution is -0.149. The van der Waals surface area contributed by atoms with E-state index in [4.69, 9.17) is 9.47 Å². The molecule has 0 aliphatic carbocycles. The zero-order chi connectivity index (χ0) is 19.3. The Balaban J connectivity index is 2.14. The topological polar surface area (TPSA) is 105 Å². The van der Waals surface area contributed by atoms with Crippen LogP contribution in [-0.4, -0.2) is 55.3 Å². The van der Waals surface area contributed by atoms with Crippen molar-refractivity contribution in [1.82, 2.24) is 5.32 Å². The van der Waals surface area contributed by atoms with Crippen molar-refractivity contribution in [3.63, 3.8) is 0 Å². The monoisotopic (exact) mass is 364 g/mol. The molecule has 0 saturated carbocycles. The molecule has 0 bridgehead atoms. The number of anilines is 1. The van der Waals surface area contributed by atoms with E-state index in [1.165, 1.54) is 18.9 Å². The average molecular weight is 364 g/mol. The fourth-order valence-electron chi connectivity index (χ4n) is 2.89. The molecule has 2 atom stereocenters. The van der Waals surface area contributed by atoms with Crippen molar-refractivity contribution in [3.05, 3.63) is 24.3 Å². The molecule has 2 amide bonds. The highest BCUT2D eigenvalue weighted by molar-refractivity contribution is 6.02. The van der Waals surface area contributed by atoms with Gasteiger partial charge in [-0.3, -0.25) is 9.59 Å². The van der Waals surface area contributed by atoms with Gasteiger partial charge in [0.25, 0.3) is 0 Å². The van der Waals surface area contributed by atoms with Crippen LogP contribution in [0, 0.1) is 5.92 Å². The number of carboxylic acid groups (broad SMARTS) is 1. The highest BCUT2D eigenvalue weighted by Crippen LogP contribution is 2.33. The van der Waals surface area contributed by atoms with Crippen molar-refractivity contribution in [2.75, 3.05) is 31.8 Å². The van der Waals surface area contributed by atoms with Crippen molar-refractivity contribution in [3.8, 4) is 5.75 Å². The molecule has 142 valence electrons. The summed E-state index contributed by atoms with van der Waals surface area (Å²) in [4.78, 5) is 37.9. The number of benzene rings is 1. The van der Waals surface area contributed by atoms with Gasteiger partial charge in [-0.05, 0) is 26.0 Å². The van der Waals surface area contributed by atoms with Gasteiger partial charge in [-0.2, -0.15) is 0 Å². The van der Waals surface area contributed by atoms with Gasteiger partial charge >= 0.3 is 5.97 Å². The lowest BCUT2D eigenvalue weighted by Crippen LogP contribution is -2.56. The first-order valence-electron chi connectivity index (χ1n) is 8.39. The number of nitrogens with one attached hydrogen (secondary N) is 1. The van der Waals surface area contributed by atoms with E-state index < -0.39 is 23.3 Å². The maximum absolute atomic E-state index is 12.5. The average Bonchev–Trinajstić information content (AvgIpc) is 2.97. The third-order valence-corrected chi connectivity index (χ3v) is 4.26. The summed E-state index contributed by atoms with van der Waals surface area (Å²) in [5, 5.41) is 11.8. The van der Waals surface area contributed by atoms with Crippen molar-refractivity contribution in [1.29, 1.82) is 0 Å². The molecular weight excluding hydrogens is 340 g/mol. The number of carbonyl (C=O) groups excluding carboxylic acids is 2. The van der Waals surface area contributed by atoms with Crippen molar-refractivity contribution in [2.24, 2.45) is 5.92 Å². The number of aliphatic carboxylic acids is 1. The van der Waals surface area contributed by atoms with Gasteiger partial charge in [0.05, 0.1) is 24.8 Å². The van der Waals surface area contributed by atoms with Crippen molar-refractivity contribution in [2.45, 2.75) is 25.8 Å². The van der Waals surface area contributed by atoms with E-state index in [0.29, 0.717) is 18.0 Å². The number of ether oxygens (including phenoxy) is 2. The van der Waals surface area contributed by atoms with E-state index in [0.717, 1.165) is 0 Å². The number of carbonyl (C=O) groups is 3. The van der Waals surface area contributed by atoms with Crippen LogP contribution in [0.1, 0.15) is 20.3 Å². The van der Waals surface area contributed by atoms with E-state index in [2.05, 4.69) is 5.32 Å². The molecule has 1 aromatic carbocycles. The van der Waals surface area contributed by atoms with Gasteiger partial charge in [0.2, 0.25) is 11.8 Å². The molecule has 0 aromatic heterocycles. The molecule has 2 rings (SSSR count). The zero-order valence-corrected chi connectivity index (χ0v) is 15.2. The molecule has 1 heterocycles. The van der Waals surface area contributed by atoms with Crippen molar-refractivity contribution < 1.29 is 29.0 Å². The fraction of sp³-hybridized carbons (Fsp3) is 0.500. The number of para-hydroxylation sites is 2. The molecule has 0 radical (unpaired) electrons. The normalized spacial score (nSPS) is 19.1. The minimum Gasteiger partial charge on any atom is -0.492 e. The third kappa shape index (κ3) is 4.13. The van der Waals surface area contributed by atoms with Gasteiger partial charge in [0, 0.05) is 20.1 Å². The minimum absolute atomic E-state index is 0.00890. The Hall–Kier alpha value is -2.61. The molecule has 1 fully saturated rings. The molecule has 8 heteroatoms. The second-order valence-corrected chi connectivity index (χ2v) is 6.37. The molecule has 1 aliphatic heterocycles. The summed E-state index contributed by atoms with van der Waals surface area (Å²) in [7, 11) is 1.36. The Morgan fingerprint density at radius 1 is 1.38 bits per heavy atom. The van der Waals surface area contributed by atoms with Crippen LogP contribution in [0.4, 0.5) is 5.69 Å². The minimum atomic E-state index is -1.55. The van der Waals surface area contributed by atoms with E-state index >= 15 is 0 Å². The Labute approximate surface area is 152 Å². The van der Waals surface area contributed by atoms with E-state index in [-0.39, 0.29) is 25.5 Å². The standard InChI is InChI=1S/C18H24N2O6/c1-4-26-14-8-6-5-7-13(14)20-10-12(9-15(20)21)16(22)19-18(2,11-25-3)17(23)24/h5-8,12H,4,9-11H2,1-3H3,(H,19,22)(H,23,24). The summed E-state index contributed by atoms with van der Waals surface area (Å²) in [6, 6.07) is 7.12. The number of nitrogens with zero attached hydrogens (tertiary/aromatic N) is 1. The summed E-state index contributed by atoms with van der Waals surface area (Å²) in [5.74, 6) is -1.97. The Morgan fingerprint density at radius 3 is 2.69 bits per heavy atom. The van der Waals surface area contributed by atoms with E-state index in [1.54, 1.807) is 18.2 Å². The molecule has 8 nitrogen and oxygen atoms in total. The largest absolute Gasteiger partial charge is 0.492 e. The maximum Gasteiger partial charge on any atom is 0.331 e. The molecule has 26 heavy (non-hydrogen) atoms. The lowest BCUT2D eigenvalue weighted by atomic mass is 10.0. The lowest BCUT2D eigenvalue weighted by Gasteiger charge is -2.27. The van der Waals surface area contributed by atoms with Gasteiger partial charge in [0.15, 0.2) is 5.54 Å². The van der Waals surface area contributed by atoms with Crippen LogP contribution in [0.2, 0.25) is 0 Å². The van der Waals surface area contributed by atoms with Gasteiger partial charge in [-0.25, -0.2) is 4.79 Å². The predicted molar refractivity (Wildman–Crippen MR) is 94.1 cm³/mol. The number of hydrogen-bond donors (Lipinski definition) is 2. The first-order valence-corrected chi connectivity index (χ1v) is 8.39. The van der Waals surface area contributed by atoms with Crippen LogP contribution in [0.15, 0.2) is 24.3 Å². The third-order valence-electron chi connectivity index (χ3n) is 4.26. The van der Waals surface area contributed by atoms with Crippen LogP contribution < -0.4 is 15.0 Å². The SMILES string of the molecule is CCOc1ccccc1N1CC(C(=O)NC(C)(COC)C(=O)O)CC1=O. The molecule has 1 aliphatic rings. The van der Waals surface area contributed by atoms with E-state index in [1.807, 2.05) is 13.0 Å². The summed E-state index contributed by atoms with van der Waals surface area (Å²) in [5.41, 5.74) is -0.946.